The number of hydrogen-bond donors (Lipinski definition) is 4. The van der Waals surface area contributed by atoms with Crippen LogP contribution in [0.2, 0.25) is 0 Å². The van der Waals surface area contributed by atoms with E-state index in [1.807, 2.05) is 0 Å². The molecule has 0 bridgehead atoms. The van der Waals surface area contributed by atoms with E-state index in [0.29, 0.717) is 34.7 Å². The zero-order valence-corrected chi connectivity index (χ0v) is 12.4. The number of nitrogens with two attached hydrogens (primary N) is 4. The van der Waals surface area contributed by atoms with Gasteiger partial charge in [-0.1, -0.05) is 0 Å². The van der Waals surface area contributed by atoms with Gasteiger partial charge in [0.1, 0.15) is 5.75 Å². The van der Waals surface area contributed by atoms with Crippen LogP contribution >= 0.6 is 0 Å². The highest BCUT2D eigenvalue weighted by Crippen LogP contribution is 2.22. The highest BCUT2D eigenvalue weighted by molar-refractivity contribution is 5.96. The monoisotopic (exact) mass is 314 g/mol. The first kappa shape index (κ1) is 16.2. The van der Waals surface area contributed by atoms with E-state index in [2.05, 4.69) is 0 Å². The zero-order valence-electron chi connectivity index (χ0n) is 12.4. The van der Waals surface area contributed by atoms with Gasteiger partial charge in [0.05, 0.1) is 12.2 Å². The standard InChI is InChI=1S/C16H18N4O3/c17-10-1-3-12(15(19)21)9(7-10)5-6-23-14-8-11(18)2-4-13(14)16(20)22/h1-4,7-8H,5-6,17-18H2,(H2,19,21)(H2,20,22). The van der Waals surface area contributed by atoms with Crippen LogP contribution in [0.25, 0.3) is 0 Å². The van der Waals surface area contributed by atoms with E-state index < -0.39 is 11.8 Å². The van der Waals surface area contributed by atoms with Gasteiger partial charge >= 0.3 is 0 Å². The van der Waals surface area contributed by atoms with E-state index in [-0.39, 0.29) is 12.2 Å². The highest BCUT2D eigenvalue weighted by atomic mass is 16.5. The molecule has 7 heteroatoms. The summed E-state index contributed by atoms with van der Waals surface area (Å²) >= 11 is 0. The fourth-order valence-electron chi connectivity index (χ4n) is 2.19. The Labute approximate surface area is 133 Å². The summed E-state index contributed by atoms with van der Waals surface area (Å²) in [7, 11) is 0. The quantitative estimate of drug-likeness (QED) is 0.578. The van der Waals surface area contributed by atoms with Crippen LogP contribution in [0, 0.1) is 0 Å². The number of anilines is 2. The Balaban J connectivity index is 2.15. The molecule has 0 aliphatic carbocycles. The molecular formula is C16H18N4O3. The zero-order chi connectivity index (χ0) is 17.0. The molecule has 2 rings (SSSR count). The first-order chi connectivity index (χ1) is 10.9. The summed E-state index contributed by atoms with van der Waals surface area (Å²) in [6.07, 6.45) is 0.385. The second-order valence-corrected chi connectivity index (χ2v) is 5.00. The summed E-state index contributed by atoms with van der Waals surface area (Å²) < 4.78 is 5.58. The molecule has 0 saturated heterocycles. The summed E-state index contributed by atoms with van der Waals surface area (Å²) in [5, 5.41) is 0. The highest BCUT2D eigenvalue weighted by Gasteiger charge is 2.12. The van der Waals surface area contributed by atoms with Crippen LogP contribution in [0.15, 0.2) is 36.4 Å². The number of benzene rings is 2. The molecule has 0 heterocycles. The SMILES string of the molecule is NC(=O)c1ccc(N)cc1CCOc1cc(N)ccc1C(N)=O. The van der Waals surface area contributed by atoms with Gasteiger partial charge in [0.2, 0.25) is 5.91 Å². The third kappa shape index (κ3) is 3.91. The lowest BCUT2D eigenvalue weighted by molar-refractivity contribution is 0.0990. The van der Waals surface area contributed by atoms with E-state index in [9.17, 15) is 9.59 Å². The molecule has 23 heavy (non-hydrogen) atoms. The van der Waals surface area contributed by atoms with Gasteiger partial charge in [0.25, 0.3) is 5.91 Å². The average molecular weight is 314 g/mol. The summed E-state index contributed by atoms with van der Waals surface area (Å²) in [5.41, 5.74) is 24.3. The molecule has 2 aromatic rings. The number of rotatable bonds is 6. The van der Waals surface area contributed by atoms with Gasteiger partial charge in [-0.15, -0.1) is 0 Å². The van der Waals surface area contributed by atoms with Gasteiger partial charge in [-0.05, 0) is 35.9 Å². The molecular weight excluding hydrogens is 296 g/mol. The molecule has 0 spiro atoms. The van der Waals surface area contributed by atoms with Gasteiger partial charge in [0.15, 0.2) is 0 Å². The molecule has 0 aliphatic rings. The second kappa shape index (κ2) is 6.69. The molecule has 0 aromatic heterocycles. The Morgan fingerprint density at radius 1 is 0.870 bits per heavy atom. The van der Waals surface area contributed by atoms with Crippen molar-refractivity contribution in [1.29, 1.82) is 0 Å². The maximum absolute atomic E-state index is 11.4. The topological polar surface area (TPSA) is 147 Å². The number of carbonyl (C=O) groups is 2. The van der Waals surface area contributed by atoms with Crippen LogP contribution in [0.1, 0.15) is 26.3 Å². The Morgan fingerprint density at radius 2 is 1.43 bits per heavy atom. The molecule has 120 valence electrons. The number of nitrogen functional groups attached to an aromatic ring is 2. The number of carbonyl (C=O) groups excluding carboxylic acids is 2. The first-order valence-corrected chi connectivity index (χ1v) is 6.89. The lowest BCUT2D eigenvalue weighted by Crippen LogP contribution is -2.16. The maximum atomic E-state index is 11.4. The third-order valence-electron chi connectivity index (χ3n) is 3.29. The molecule has 0 radical (unpaired) electrons. The lowest BCUT2D eigenvalue weighted by atomic mass is 10.0. The fraction of sp³-hybridized carbons (Fsp3) is 0.125. The minimum atomic E-state index is -0.609. The smallest absolute Gasteiger partial charge is 0.252 e. The van der Waals surface area contributed by atoms with Crippen LogP contribution < -0.4 is 27.7 Å². The van der Waals surface area contributed by atoms with Gasteiger partial charge < -0.3 is 27.7 Å². The number of hydrogen-bond acceptors (Lipinski definition) is 5. The van der Waals surface area contributed by atoms with Gasteiger partial charge in [-0.3, -0.25) is 9.59 Å². The Bertz CT molecular complexity index is 695. The van der Waals surface area contributed by atoms with Crippen molar-refractivity contribution in [3.63, 3.8) is 0 Å². The summed E-state index contributed by atoms with van der Waals surface area (Å²) in [5.74, 6) is -0.856. The number of ether oxygens (including phenoxy) is 1. The lowest BCUT2D eigenvalue weighted by Gasteiger charge is -2.12. The Hall–Kier alpha value is -3.22. The maximum Gasteiger partial charge on any atom is 0.252 e. The Kier molecular flexibility index (Phi) is 4.70. The van der Waals surface area contributed by atoms with Crippen molar-refractivity contribution in [2.45, 2.75) is 6.42 Å². The van der Waals surface area contributed by atoms with Gasteiger partial charge in [-0.2, -0.15) is 0 Å². The molecule has 0 unspecified atom stereocenters. The molecule has 2 aromatic carbocycles. The molecule has 2 amide bonds. The van der Waals surface area contributed by atoms with E-state index >= 15 is 0 Å². The van der Waals surface area contributed by atoms with Crippen molar-refractivity contribution in [2.75, 3.05) is 18.1 Å². The second-order valence-electron chi connectivity index (χ2n) is 5.00. The normalized spacial score (nSPS) is 10.3. The number of amides is 2. The van der Waals surface area contributed by atoms with E-state index in [0.717, 1.165) is 0 Å². The minimum absolute atomic E-state index is 0.202. The van der Waals surface area contributed by atoms with Crippen molar-refractivity contribution in [2.24, 2.45) is 11.5 Å². The summed E-state index contributed by atoms with van der Waals surface area (Å²) in [6, 6.07) is 9.43. The third-order valence-corrected chi connectivity index (χ3v) is 3.29. The molecule has 0 fully saturated rings. The molecule has 0 atom stereocenters. The number of primary amides is 2. The van der Waals surface area contributed by atoms with E-state index in [1.54, 1.807) is 24.3 Å². The Morgan fingerprint density at radius 3 is 2.04 bits per heavy atom. The van der Waals surface area contributed by atoms with Crippen molar-refractivity contribution in [3.8, 4) is 5.75 Å². The largest absolute Gasteiger partial charge is 0.492 e. The predicted molar refractivity (Wildman–Crippen MR) is 87.9 cm³/mol. The predicted octanol–water partition coefficient (Wildman–Crippen LogP) is 0.670. The van der Waals surface area contributed by atoms with Crippen molar-refractivity contribution in [3.05, 3.63) is 53.1 Å². The van der Waals surface area contributed by atoms with E-state index in [1.165, 1.54) is 12.1 Å². The van der Waals surface area contributed by atoms with Crippen molar-refractivity contribution in [1.82, 2.24) is 0 Å². The molecule has 8 N–H and O–H groups in total. The van der Waals surface area contributed by atoms with E-state index in [4.69, 9.17) is 27.7 Å². The van der Waals surface area contributed by atoms with Crippen LogP contribution in [0.5, 0.6) is 5.75 Å². The molecule has 7 nitrogen and oxygen atoms in total. The van der Waals surface area contributed by atoms with Crippen LogP contribution in [0.4, 0.5) is 11.4 Å². The van der Waals surface area contributed by atoms with Crippen LogP contribution in [-0.4, -0.2) is 18.4 Å². The van der Waals surface area contributed by atoms with Crippen molar-refractivity contribution < 1.29 is 14.3 Å². The van der Waals surface area contributed by atoms with Crippen LogP contribution in [0.3, 0.4) is 0 Å². The first-order valence-electron chi connectivity index (χ1n) is 6.89. The minimum Gasteiger partial charge on any atom is -0.492 e. The van der Waals surface area contributed by atoms with Crippen LogP contribution in [-0.2, 0) is 6.42 Å². The summed E-state index contributed by atoms with van der Waals surface area (Å²) in [4.78, 5) is 22.8. The average Bonchev–Trinajstić information content (AvgIpc) is 2.46. The molecule has 0 saturated carbocycles. The van der Waals surface area contributed by atoms with Gasteiger partial charge in [0, 0.05) is 29.4 Å². The fourth-order valence-corrected chi connectivity index (χ4v) is 2.19. The summed E-state index contributed by atoms with van der Waals surface area (Å²) in [6.45, 7) is 0.202. The molecule has 0 aliphatic heterocycles. The van der Waals surface area contributed by atoms with Crippen molar-refractivity contribution >= 4 is 23.2 Å². The van der Waals surface area contributed by atoms with Gasteiger partial charge in [-0.25, -0.2) is 0 Å².